The summed E-state index contributed by atoms with van der Waals surface area (Å²) in [6, 6.07) is 0.455. The molecule has 2 aromatic heterocycles. The molecule has 4 heteroatoms. The Balaban J connectivity index is 2.08. The first-order chi connectivity index (χ1) is 9.19. The zero-order valence-corrected chi connectivity index (χ0v) is 12.7. The SMILES string of the molecule is CC[C@H](C)Nc1ncnc2sc3c(c12)CC[C@@H](C)C3. The highest BCUT2D eigenvalue weighted by atomic mass is 32.1. The monoisotopic (exact) mass is 275 g/mol. The zero-order valence-electron chi connectivity index (χ0n) is 11.9. The summed E-state index contributed by atoms with van der Waals surface area (Å²) >= 11 is 1.86. The van der Waals surface area contributed by atoms with Gasteiger partial charge in [-0.05, 0) is 44.1 Å². The van der Waals surface area contributed by atoms with Crippen molar-refractivity contribution in [3.05, 3.63) is 16.8 Å². The summed E-state index contributed by atoms with van der Waals surface area (Å²) in [5.41, 5.74) is 1.50. The van der Waals surface area contributed by atoms with Crippen LogP contribution in [-0.2, 0) is 12.8 Å². The maximum Gasteiger partial charge on any atom is 0.138 e. The normalized spacial score (nSPS) is 20.3. The van der Waals surface area contributed by atoms with Crippen LogP contribution in [0.1, 0.15) is 44.1 Å². The fraction of sp³-hybridized carbons (Fsp3) is 0.600. The van der Waals surface area contributed by atoms with Gasteiger partial charge < -0.3 is 5.32 Å². The average Bonchev–Trinajstić information content (AvgIpc) is 2.76. The van der Waals surface area contributed by atoms with Crippen molar-refractivity contribution in [1.29, 1.82) is 0 Å². The van der Waals surface area contributed by atoms with E-state index in [4.69, 9.17) is 0 Å². The highest BCUT2D eigenvalue weighted by Crippen LogP contribution is 2.39. The van der Waals surface area contributed by atoms with Crippen LogP contribution in [0.25, 0.3) is 10.2 Å². The van der Waals surface area contributed by atoms with Gasteiger partial charge in [-0.3, -0.25) is 0 Å². The number of aromatic nitrogens is 2. The Morgan fingerprint density at radius 2 is 2.32 bits per heavy atom. The molecule has 0 spiro atoms. The molecular weight excluding hydrogens is 254 g/mol. The zero-order chi connectivity index (χ0) is 13.4. The molecule has 2 atom stereocenters. The third kappa shape index (κ3) is 2.34. The van der Waals surface area contributed by atoms with Gasteiger partial charge in [-0.1, -0.05) is 13.8 Å². The van der Waals surface area contributed by atoms with E-state index in [1.54, 1.807) is 6.33 Å². The summed E-state index contributed by atoms with van der Waals surface area (Å²) in [5, 5.41) is 4.82. The van der Waals surface area contributed by atoms with Crippen LogP contribution >= 0.6 is 11.3 Å². The third-order valence-corrected chi connectivity index (χ3v) is 5.25. The van der Waals surface area contributed by atoms with Crippen LogP contribution in [-0.4, -0.2) is 16.0 Å². The van der Waals surface area contributed by atoms with Crippen LogP contribution < -0.4 is 5.32 Å². The molecule has 1 aliphatic carbocycles. The molecule has 0 fully saturated rings. The summed E-state index contributed by atoms with van der Waals surface area (Å²) in [5.74, 6) is 1.84. The maximum absolute atomic E-state index is 4.48. The molecule has 0 saturated heterocycles. The van der Waals surface area contributed by atoms with Crippen LogP contribution in [0.5, 0.6) is 0 Å². The Kier molecular flexibility index (Phi) is 3.44. The fourth-order valence-electron chi connectivity index (χ4n) is 2.72. The summed E-state index contributed by atoms with van der Waals surface area (Å²) in [6.07, 6.45) is 6.47. The molecule has 0 radical (unpaired) electrons. The van der Waals surface area contributed by atoms with Gasteiger partial charge >= 0.3 is 0 Å². The van der Waals surface area contributed by atoms with Crippen molar-refractivity contribution in [2.24, 2.45) is 5.92 Å². The van der Waals surface area contributed by atoms with Gasteiger partial charge in [-0.25, -0.2) is 9.97 Å². The predicted molar refractivity (Wildman–Crippen MR) is 82.0 cm³/mol. The number of nitrogens with zero attached hydrogens (tertiary/aromatic N) is 2. The molecule has 0 amide bonds. The van der Waals surface area contributed by atoms with E-state index < -0.39 is 0 Å². The minimum Gasteiger partial charge on any atom is -0.367 e. The number of hydrogen-bond acceptors (Lipinski definition) is 4. The molecule has 0 saturated carbocycles. The van der Waals surface area contributed by atoms with Gasteiger partial charge in [0.2, 0.25) is 0 Å². The summed E-state index contributed by atoms with van der Waals surface area (Å²) in [6.45, 7) is 6.74. The molecule has 19 heavy (non-hydrogen) atoms. The maximum atomic E-state index is 4.48. The molecular formula is C15H21N3S. The Bertz CT molecular complexity index is 590. The molecule has 102 valence electrons. The molecule has 0 unspecified atom stereocenters. The standard InChI is InChI=1S/C15H21N3S/c1-4-10(3)18-14-13-11-6-5-9(2)7-12(11)19-15(13)17-8-16-14/h8-10H,4-7H2,1-3H3,(H,16,17,18)/t9-,10+/m1/s1. The molecule has 2 heterocycles. The number of thiophene rings is 1. The quantitative estimate of drug-likeness (QED) is 0.919. The van der Waals surface area contributed by atoms with E-state index in [1.165, 1.54) is 35.1 Å². The fourth-order valence-corrected chi connectivity index (χ4v) is 4.07. The predicted octanol–water partition coefficient (Wildman–Crippen LogP) is 4.03. The Labute approximate surface area is 118 Å². The van der Waals surface area contributed by atoms with Gasteiger partial charge in [0.25, 0.3) is 0 Å². The van der Waals surface area contributed by atoms with Crippen LogP contribution in [0, 0.1) is 5.92 Å². The molecule has 1 N–H and O–H groups in total. The second-order valence-corrected chi connectivity index (χ2v) is 6.79. The second kappa shape index (κ2) is 5.08. The molecule has 3 rings (SSSR count). The van der Waals surface area contributed by atoms with E-state index in [-0.39, 0.29) is 0 Å². The number of fused-ring (bicyclic) bond motifs is 3. The molecule has 2 aromatic rings. The van der Waals surface area contributed by atoms with Gasteiger partial charge in [0, 0.05) is 10.9 Å². The Morgan fingerprint density at radius 1 is 1.47 bits per heavy atom. The van der Waals surface area contributed by atoms with Crippen molar-refractivity contribution in [1.82, 2.24) is 9.97 Å². The molecule has 3 nitrogen and oxygen atoms in total. The average molecular weight is 275 g/mol. The molecule has 0 bridgehead atoms. The van der Waals surface area contributed by atoms with Crippen LogP contribution in [0.4, 0.5) is 5.82 Å². The molecule has 0 aromatic carbocycles. The van der Waals surface area contributed by atoms with E-state index in [2.05, 4.69) is 36.1 Å². The first-order valence-electron chi connectivity index (χ1n) is 7.20. The molecule has 0 aliphatic heterocycles. The van der Waals surface area contributed by atoms with E-state index in [0.717, 1.165) is 23.0 Å². The van der Waals surface area contributed by atoms with E-state index in [9.17, 15) is 0 Å². The van der Waals surface area contributed by atoms with Gasteiger partial charge in [0.05, 0.1) is 5.39 Å². The number of aryl methyl sites for hydroxylation is 1. The molecule has 1 aliphatic rings. The largest absolute Gasteiger partial charge is 0.367 e. The lowest BCUT2D eigenvalue weighted by Gasteiger charge is -2.19. The summed E-state index contributed by atoms with van der Waals surface area (Å²) in [7, 11) is 0. The topological polar surface area (TPSA) is 37.8 Å². The first kappa shape index (κ1) is 12.9. The Hall–Kier alpha value is -1.16. The van der Waals surface area contributed by atoms with Crippen molar-refractivity contribution in [2.45, 2.75) is 52.5 Å². The van der Waals surface area contributed by atoms with Gasteiger partial charge in [0.1, 0.15) is 17.0 Å². The lowest BCUT2D eigenvalue weighted by atomic mass is 9.89. The van der Waals surface area contributed by atoms with Gasteiger partial charge in [0.15, 0.2) is 0 Å². The van der Waals surface area contributed by atoms with E-state index in [0.29, 0.717) is 6.04 Å². The van der Waals surface area contributed by atoms with Crippen molar-refractivity contribution >= 4 is 27.4 Å². The second-order valence-electron chi connectivity index (χ2n) is 5.71. The summed E-state index contributed by atoms with van der Waals surface area (Å²) in [4.78, 5) is 11.6. The number of anilines is 1. The highest BCUT2D eigenvalue weighted by molar-refractivity contribution is 7.19. The van der Waals surface area contributed by atoms with Crippen molar-refractivity contribution < 1.29 is 0 Å². The van der Waals surface area contributed by atoms with Gasteiger partial charge in [-0.15, -0.1) is 11.3 Å². The Morgan fingerprint density at radius 3 is 3.11 bits per heavy atom. The van der Waals surface area contributed by atoms with Crippen LogP contribution in [0.2, 0.25) is 0 Å². The smallest absolute Gasteiger partial charge is 0.138 e. The number of hydrogen-bond donors (Lipinski definition) is 1. The van der Waals surface area contributed by atoms with E-state index >= 15 is 0 Å². The van der Waals surface area contributed by atoms with Crippen molar-refractivity contribution in [2.75, 3.05) is 5.32 Å². The lowest BCUT2D eigenvalue weighted by molar-refractivity contribution is 0.509. The highest BCUT2D eigenvalue weighted by Gasteiger charge is 2.23. The first-order valence-corrected chi connectivity index (χ1v) is 8.02. The number of rotatable bonds is 3. The number of nitrogens with one attached hydrogen (secondary N) is 1. The van der Waals surface area contributed by atoms with Crippen LogP contribution in [0.3, 0.4) is 0 Å². The lowest BCUT2D eigenvalue weighted by Crippen LogP contribution is -2.15. The van der Waals surface area contributed by atoms with Crippen molar-refractivity contribution in [3.8, 4) is 0 Å². The minimum atomic E-state index is 0.455. The van der Waals surface area contributed by atoms with Crippen molar-refractivity contribution in [3.63, 3.8) is 0 Å². The summed E-state index contributed by atoms with van der Waals surface area (Å²) < 4.78 is 0. The minimum absolute atomic E-state index is 0.455. The third-order valence-electron chi connectivity index (χ3n) is 4.09. The van der Waals surface area contributed by atoms with Gasteiger partial charge in [-0.2, -0.15) is 0 Å². The van der Waals surface area contributed by atoms with Crippen LogP contribution in [0.15, 0.2) is 6.33 Å². The van der Waals surface area contributed by atoms with E-state index in [1.807, 2.05) is 11.3 Å².